The van der Waals surface area contributed by atoms with Gasteiger partial charge in [0.15, 0.2) is 0 Å². The lowest BCUT2D eigenvalue weighted by atomic mass is 9.68. The first-order valence-electron chi connectivity index (χ1n) is 8.26. The molecule has 1 N–H and O–H groups in total. The molecule has 1 aliphatic carbocycles. The maximum absolute atomic E-state index is 13.1. The second kappa shape index (κ2) is 6.43. The van der Waals surface area contributed by atoms with Crippen molar-refractivity contribution in [1.29, 1.82) is 0 Å². The Bertz CT molecular complexity index is 653. The first-order valence-corrected chi connectivity index (χ1v) is 8.26. The van der Waals surface area contributed by atoms with E-state index < -0.39 is 11.4 Å². The second-order valence-electron chi connectivity index (χ2n) is 6.79. The maximum Gasteiger partial charge on any atom is 0.335 e. The Labute approximate surface area is 141 Å². The molecule has 2 aliphatic rings. The third-order valence-corrected chi connectivity index (χ3v) is 5.11. The minimum absolute atomic E-state index is 0.0764. The van der Waals surface area contributed by atoms with Gasteiger partial charge in [0.1, 0.15) is 12.4 Å². The SMILES string of the molecule is COCC1(C(=O)N2Cc3ccc(C(=O)O)cc3OC[C@@H]2C)CCC1. The van der Waals surface area contributed by atoms with Crippen LogP contribution in [0.5, 0.6) is 5.75 Å². The van der Waals surface area contributed by atoms with Crippen molar-refractivity contribution in [2.75, 3.05) is 20.3 Å². The number of carbonyl (C=O) groups is 2. The van der Waals surface area contributed by atoms with Gasteiger partial charge in [-0.2, -0.15) is 0 Å². The van der Waals surface area contributed by atoms with E-state index in [0.717, 1.165) is 24.8 Å². The Kier molecular flexibility index (Phi) is 4.49. The van der Waals surface area contributed by atoms with Gasteiger partial charge in [0.25, 0.3) is 0 Å². The van der Waals surface area contributed by atoms with E-state index >= 15 is 0 Å². The highest BCUT2D eigenvalue weighted by molar-refractivity contribution is 5.88. The fourth-order valence-electron chi connectivity index (χ4n) is 3.47. The fourth-order valence-corrected chi connectivity index (χ4v) is 3.47. The van der Waals surface area contributed by atoms with Crippen LogP contribution in [0.2, 0.25) is 0 Å². The Morgan fingerprint density at radius 3 is 2.75 bits per heavy atom. The Morgan fingerprint density at radius 2 is 2.17 bits per heavy atom. The van der Waals surface area contributed by atoms with Crippen LogP contribution in [0.1, 0.15) is 42.1 Å². The van der Waals surface area contributed by atoms with Crippen LogP contribution in [0, 0.1) is 5.41 Å². The molecule has 0 spiro atoms. The van der Waals surface area contributed by atoms with Gasteiger partial charge in [0, 0.05) is 19.2 Å². The molecule has 1 fully saturated rings. The van der Waals surface area contributed by atoms with Crippen LogP contribution in [0.25, 0.3) is 0 Å². The van der Waals surface area contributed by atoms with Crippen molar-refractivity contribution in [3.8, 4) is 5.75 Å². The monoisotopic (exact) mass is 333 g/mol. The maximum atomic E-state index is 13.1. The molecule has 6 heteroatoms. The number of hydrogen-bond acceptors (Lipinski definition) is 4. The molecule has 6 nitrogen and oxygen atoms in total. The van der Waals surface area contributed by atoms with E-state index in [1.54, 1.807) is 19.2 Å². The normalized spacial score (nSPS) is 21.9. The highest BCUT2D eigenvalue weighted by Crippen LogP contribution is 2.44. The van der Waals surface area contributed by atoms with Crippen LogP contribution >= 0.6 is 0 Å². The highest BCUT2D eigenvalue weighted by Gasteiger charge is 2.47. The van der Waals surface area contributed by atoms with Crippen molar-refractivity contribution in [2.45, 2.75) is 38.8 Å². The summed E-state index contributed by atoms with van der Waals surface area (Å²) in [6.07, 6.45) is 2.76. The van der Waals surface area contributed by atoms with Gasteiger partial charge < -0.3 is 19.5 Å². The number of benzene rings is 1. The average Bonchev–Trinajstić information content (AvgIpc) is 2.69. The number of methoxy groups -OCH3 is 1. The van der Waals surface area contributed by atoms with Crippen molar-refractivity contribution in [3.63, 3.8) is 0 Å². The first-order chi connectivity index (χ1) is 11.5. The summed E-state index contributed by atoms with van der Waals surface area (Å²) < 4.78 is 11.1. The summed E-state index contributed by atoms with van der Waals surface area (Å²) in [6, 6.07) is 4.75. The number of carboxylic acids is 1. The molecule has 1 amide bonds. The molecule has 24 heavy (non-hydrogen) atoms. The molecule has 1 saturated carbocycles. The van der Waals surface area contributed by atoms with Gasteiger partial charge in [-0.1, -0.05) is 12.5 Å². The van der Waals surface area contributed by atoms with Crippen molar-refractivity contribution < 1.29 is 24.2 Å². The number of amides is 1. The third kappa shape index (κ3) is 2.86. The Morgan fingerprint density at radius 1 is 1.42 bits per heavy atom. The molecule has 1 aromatic rings. The molecule has 1 aliphatic heterocycles. The molecule has 0 bridgehead atoms. The van der Waals surface area contributed by atoms with Crippen molar-refractivity contribution in [3.05, 3.63) is 29.3 Å². The lowest BCUT2D eigenvalue weighted by Gasteiger charge is -2.44. The largest absolute Gasteiger partial charge is 0.491 e. The van der Waals surface area contributed by atoms with E-state index in [-0.39, 0.29) is 17.5 Å². The zero-order chi connectivity index (χ0) is 17.3. The number of hydrogen-bond donors (Lipinski definition) is 1. The Hall–Kier alpha value is -2.08. The molecule has 0 radical (unpaired) electrons. The summed E-state index contributed by atoms with van der Waals surface area (Å²) in [5, 5.41) is 9.12. The van der Waals surface area contributed by atoms with Crippen LogP contribution in [0.4, 0.5) is 0 Å². The molecular weight excluding hydrogens is 310 g/mol. The van der Waals surface area contributed by atoms with Crippen LogP contribution < -0.4 is 4.74 Å². The van der Waals surface area contributed by atoms with Gasteiger partial charge in [-0.15, -0.1) is 0 Å². The number of fused-ring (bicyclic) bond motifs is 1. The summed E-state index contributed by atoms with van der Waals surface area (Å²) in [4.78, 5) is 26.1. The number of aromatic carboxylic acids is 1. The summed E-state index contributed by atoms with van der Waals surface area (Å²) in [6.45, 7) is 3.19. The smallest absolute Gasteiger partial charge is 0.335 e. The van der Waals surface area contributed by atoms with Crippen molar-refractivity contribution >= 4 is 11.9 Å². The molecule has 130 valence electrons. The number of carboxylic acid groups (broad SMARTS) is 1. The summed E-state index contributed by atoms with van der Waals surface area (Å²) in [7, 11) is 1.63. The predicted molar refractivity (Wildman–Crippen MR) is 87.1 cm³/mol. The van der Waals surface area contributed by atoms with Crippen molar-refractivity contribution in [2.24, 2.45) is 5.41 Å². The topological polar surface area (TPSA) is 76.1 Å². The van der Waals surface area contributed by atoms with E-state index in [1.165, 1.54) is 6.07 Å². The van der Waals surface area contributed by atoms with Gasteiger partial charge in [-0.05, 0) is 31.9 Å². The number of carbonyl (C=O) groups excluding carboxylic acids is 1. The van der Waals surface area contributed by atoms with Crippen molar-refractivity contribution in [1.82, 2.24) is 4.90 Å². The van der Waals surface area contributed by atoms with Gasteiger partial charge in [0.2, 0.25) is 5.91 Å². The summed E-state index contributed by atoms with van der Waals surface area (Å²) in [5.41, 5.74) is 0.620. The zero-order valence-electron chi connectivity index (χ0n) is 14.1. The summed E-state index contributed by atoms with van der Waals surface area (Å²) in [5.74, 6) is -0.326. The number of ether oxygens (including phenoxy) is 2. The predicted octanol–water partition coefficient (Wildman–Crippen LogP) is 2.31. The Balaban J connectivity index is 1.87. The van der Waals surface area contributed by atoms with Gasteiger partial charge in [0.05, 0.1) is 23.6 Å². The van der Waals surface area contributed by atoms with Gasteiger partial charge in [-0.25, -0.2) is 4.79 Å². The fraction of sp³-hybridized carbons (Fsp3) is 0.556. The van der Waals surface area contributed by atoms with E-state index in [9.17, 15) is 9.59 Å². The van der Waals surface area contributed by atoms with Crippen LogP contribution in [0.3, 0.4) is 0 Å². The van der Waals surface area contributed by atoms with Crippen LogP contribution in [-0.4, -0.2) is 48.2 Å². The van der Waals surface area contributed by atoms with E-state index in [4.69, 9.17) is 14.6 Å². The molecule has 0 aromatic heterocycles. The zero-order valence-corrected chi connectivity index (χ0v) is 14.1. The molecule has 1 heterocycles. The van der Waals surface area contributed by atoms with Crippen LogP contribution in [-0.2, 0) is 16.1 Å². The minimum Gasteiger partial charge on any atom is -0.491 e. The number of nitrogens with zero attached hydrogens (tertiary/aromatic N) is 1. The third-order valence-electron chi connectivity index (χ3n) is 5.11. The lowest BCUT2D eigenvalue weighted by Crippen LogP contribution is -2.53. The highest BCUT2D eigenvalue weighted by atomic mass is 16.5. The molecule has 0 saturated heterocycles. The summed E-state index contributed by atoms with van der Waals surface area (Å²) >= 11 is 0. The average molecular weight is 333 g/mol. The number of rotatable bonds is 4. The second-order valence-corrected chi connectivity index (χ2v) is 6.79. The standard InChI is InChI=1S/C18H23NO5/c1-12-10-24-15-8-13(16(20)21)4-5-14(15)9-19(12)17(22)18(11-23-2)6-3-7-18/h4-5,8,12H,3,6-7,9-11H2,1-2H3,(H,20,21)/t12-/m0/s1. The molecule has 1 aromatic carbocycles. The van der Waals surface area contributed by atoms with Crippen LogP contribution in [0.15, 0.2) is 18.2 Å². The van der Waals surface area contributed by atoms with Gasteiger partial charge in [-0.3, -0.25) is 4.79 Å². The van der Waals surface area contributed by atoms with Gasteiger partial charge >= 0.3 is 5.97 Å². The lowest BCUT2D eigenvalue weighted by molar-refractivity contribution is -0.155. The quantitative estimate of drug-likeness (QED) is 0.915. The molecule has 0 unspecified atom stereocenters. The van der Waals surface area contributed by atoms with E-state index in [1.807, 2.05) is 11.8 Å². The first kappa shape index (κ1) is 16.8. The molecular formula is C18H23NO5. The van der Waals surface area contributed by atoms with E-state index in [0.29, 0.717) is 25.5 Å². The molecule has 1 atom stereocenters. The van der Waals surface area contributed by atoms with E-state index in [2.05, 4.69) is 0 Å². The molecule has 3 rings (SSSR count). The minimum atomic E-state index is -0.986.